The van der Waals surface area contributed by atoms with Crippen LogP contribution in [-0.4, -0.2) is 34.5 Å². The van der Waals surface area contributed by atoms with Crippen molar-refractivity contribution in [3.8, 4) is 11.5 Å². The number of hydrogen-bond acceptors (Lipinski definition) is 7. The lowest BCUT2D eigenvalue weighted by atomic mass is 10.1. The van der Waals surface area contributed by atoms with Gasteiger partial charge in [0.15, 0.2) is 11.5 Å². The predicted molar refractivity (Wildman–Crippen MR) is 125 cm³/mol. The summed E-state index contributed by atoms with van der Waals surface area (Å²) < 4.78 is 42.7. The Morgan fingerprint density at radius 1 is 1.06 bits per heavy atom. The molecule has 0 fully saturated rings. The van der Waals surface area contributed by atoms with Crippen LogP contribution in [-0.2, 0) is 21.4 Å². The Morgan fingerprint density at radius 3 is 2.32 bits per heavy atom. The van der Waals surface area contributed by atoms with Gasteiger partial charge in [0.05, 0.1) is 43.2 Å². The van der Waals surface area contributed by atoms with E-state index in [0.29, 0.717) is 22.8 Å². The minimum absolute atomic E-state index is 0.0284. The maximum absolute atomic E-state index is 12.4. The first-order chi connectivity index (χ1) is 16.2. The van der Waals surface area contributed by atoms with Crippen LogP contribution in [0.4, 0.5) is 5.69 Å². The summed E-state index contributed by atoms with van der Waals surface area (Å²) in [6, 6.07) is 12.1. The van der Waals surface area contributed by atoms with E-state index in [0.717, 1.165) is 0 Å². The van der Waals surface area contributed by atoms with Gasteiger partial charge in [-0.1, -0.05) is 12.1 Å². The summed E-state index contributed by atoms with van der Waals surface area (Å²) in [5.41, 5.74) is 6.20. The highest BCUT2D eigenvalue weighted by Gasteiger charge is 2.16. The maximum Gasteiger partial charge on any atom is 0.250 e. The number of amides is 2. The van der Waals surface area contributed by atoms with Crippen LogP contribution in [0.2, 0.25) is 0 Å². The van der Waals surface area contributed by atoms with Gasteiger partial charge in [-0.15, -0.1) is 0 Å². The normalized spacial score (nSPS) is 11.4. The van der Waals surface area contributed by atoms with Crippen LogP contribution in [0, 0.1) is 0 Å². The van der Waals surface area contributed by atoms with Crippen LogP contribution < -0.4 is 25.2 Å². The number of carbonyl (C=O) groups excluding carboxylic acids is 2. The SMILES string of the molecule is COc1cc(NC(=O)/C=C/c2ccc(S(=O)(=O)NCc3ccco3)cc2)c(C(N)=O)cc1OC. The van der Waals surface area contributed by atoms with Gasteiger partial charge in [0.25, 0.3) is 5.91 Å². The molecule has 0 unspecified atom stereocenters. The average molecular weight is 486 g/mol. The summed E-state index contributed by atoms with van der Waals surface area (Å²) >= 11 is 0. The lowest BCUT2D eigenvalue weighted by molar-refractivity contribution is -0.111. The van der Waals surface area contributed by atoms with E-state index in [1.54, 1.807) is 24.3 Å². The van der Waals surface area contributed by atoms with Gasteiger partial charge in [0.1, 0.15) is 5.76 Å². The highest BCUT2D eigenvalue weighted by molar-refractivity contribution is 7.89. The summed E-state index contributed by atoms with van der Waals surface area (Å²) in [5.74, 6) is -0.199. The van der Waals surface area contributed by atoms with Crippen LogP contribution in [0.1, 0.15) is 21.7 Å². The lowest BCUT2D eigenvalue weighted by Crippen LogP contribution is -2.22. The van der Waals surface area contributed by atoms with Crippen LogP contribution in [0.5, 0.6) is 11.5 Å². The minimum atomic E-state index is -3.73. The zero-order valence-electron chi connectivity index (χ0n) is 18.4. The number of nitrogens with two attached hydrogens (primary N) is 1. The molecular formula is C23H23N3O7S. The molecule has 3 aromatic rings. The Balaban J connectivity index is 1.69. The number of anilines is 1. The Kier molecular flexibility index (Phi) is 7.71. The second-order valence-electron chi connectivity index (χ2n) is 6.91. The molecule has 10 nitrogen and oxygen atoms in total. The fraction of sp³-hybridized carbons (Fsp3) is 0.130. The molecule has 3 rings (SSSR count). The van der Waals surface area contributed by atoms with E-state index in [2.05, 4.69) is 10.0 Å². The van der Waals surface area contributed by atoms with Gasteiger partial charge in [0, 0.05) is 12.1 Å². The molecule has 0 aliphatic heterocycles. The van der Waals surface area contributed by atoms with Crippen LogP contribution >= 0.6 is 0 Å². The molecule has 0 aliphatic rings. The van der Waals surface area contributed by atoms with Gasteiger partial charge < -0.3 is 24.9 Å². The highest BCUT2D eigenvalue weighted by Crippen LogP contribution is 2.33. The highest BCUT2D eigenvalue weighted by atomic mass is 32.2. The van der Waals surface area contributed by atoms with Crippen molar-refractivity contribution in [2.75, 3.05) is 19.5 Å². The number of carbonyl (C=O) groups is 2. The smallest absolute Gasteiger partial charge is 0.250 e. The largest absolute Gasteiger partial charge is 0.493 e. The molecule has 1 heterocycles. The topological polar surface area (TPSA) is 150 Å². The van der Waals surface area contributed by atoms with E-state index in [9.17, 15) is 18.0 Å². The van der Waals surface area contributed by atoms with Crippen LogP contribution in [0.25, 0.3) is 6.08 Å². The first-order valence-electron chi connectivity index (χ1n) is 9.90. The summed E-state index contributed by atoms with van der Waals surface area (Å²) in [7, 11) is -0.897. The molecule has 4 N–H and O–H groups in total. The molecule has 1 aromatic heterocycles. The first-order valence-corrected chi connectivity index (χ1v) is 11.4. The van der Waals surface area contributed by atoms with Crippen molar-refractivity contribution < 1.29 is 31.9 Å². The number of benzene rings is 2. The van der Waals surface area contributed by atoms with Crippen molar-refractivity contribution in [2.45, 2.75) is 11.4 Å². The Bertz CT molecular complexity index is 1300. The lowest BCUT2D eigenvalue weighted by Gasteiger charge is -2.13. The zero-order chi connectivity index (χ0) is 24.7. The Morgan fingerprint density at radius 2 is 1.74 bits per heavy atom. The number of methoxy groups -OCH3 is 2. The van der Waals surface area contributed by atoms with Crippen molar-refractivity contribution in [3.63, 3.8) is 0 Å². The molecule has 11 heteroatoms. The summed E-state index contributed by atoms with van der Waals surface area (Å²) in [6.45, 7) is 0.0284. The van der Waals surface area contributed by atoms with E-state index in [1.807, 2.05) is 0 Å². The summed E-state index contributed by atoms with van der Waals surface area (Å²) in [5, 5.41) is 2.58. The molecule has 2 amide bonds. The standard InChI is InChI=1S/C23H23N3O7S/c1-31-20-12-18(23(24)28)19(13-21(20)32-2)26-22(27)10-7-15-5-8-17(9-6-15)34(29,30)25-14-16-4-3-11-33-16/h3-13,25H,14H2,1-2H3,(H2,24,28)(H,26,27)/b10-7+. The third kappa shape index (κ3) is 6.03. The summed E-state index contributed by atoms with van der Waals surface area (Å²) in [4.78, 5) is 24.2. The zero-order valence-corrected chi connectivity index (χ0v) is 19.2. The van der Waals surface area contributed by atoms with Gasteiger partial charge in [-0.25, -0.2) is 13.1 Å². The molecule has 0 saturated heterocycles. The molecular weight excluding hydrogens is 462 g/mol. The molecule has 2 aromatic carbocycles. The Labute approximate surface area is 196 Å². The van der Waals surface area contributed by atoms with E-state index in [4.69, 9.17) is 19.6 Å². The quantitative estimate of drug-likeness (QED) is 0.373. The summed E-state index contributed by atoms with van der Waals surface area (Å²) in [6.07, 6.45) is 4.19. The maximum atomic E-state index is 12.4. The van der Waals surface area contributed by atoms with Gasteiger partial charge in [-0.2, -0.15) is 0 Å². The molecule has 0 aliphatic carbocycles. The molecule has 34 heavy (non-hydrogen) atoms. The number of nitrogens with one attached hydrogen (secondary N) is 2. The fourth-order valence-electron chi connectivity index (χ4n) is 2.95. The van der Waals surface area contributed by atoms with Crippen LogP contribution in [0.3, 0.4) is 0 Å². The van der Waals surface area contributed by atoms with Gasteiger partial charge in [-0.05, 0) is 42.0 Å². The number of furan rings is 1. The average Bonchev–Trinajstić information content (AvgIpc) is 3.35. The fourth-order valence-corrected chi connectivity index (χ4v) is 3.95. The number of rotatable bonds is 10. The first kappa shape index (κ1) is 24.6. The van der Waals surface area contributed by atoms with Crippen LogP contribution in [0.15, 0.2) is 70.2 Å². The second kappa shape index (κ2) is 10.7. The molecule has 0 spiro atoms. The van der Waals surface area contributed by atoms with Crippen molar-refractivity contribution in [2.24, 2.45) is 5.73 Å². The van der Waals surface area contributed by atoms with Crippen molar-refractivity contribution in [1.82, 2.24) is 4.72 Å². The number of ether oxygens (including phenoxy) is 2. The van der Waals surface area contributed by atoms with Gasteiger partial charge in [-0.3, -0.25) is 9.59 Å². The van der Waals surface area contributed by atoms with Crippen molar-refractivity contribution in [1.29, 1.82) is 0 Å². The van der Waals surface area contributed by atoms with Gasteiger partial charge >= 0.3 is 0 Å². The van der Waals surface area contributed by atoms with E-state index in [-0.39, 0.29) is 22.7 Å². The van der Waals surface area contributed by atoms with E-state index in [1.165, 1.54) is 56.9 Å². The number of sulfonamides is 1. The number of hydrogen-bond donors (Lipinski definition) is 3. The molecule has 0 radical (unpaired) electrons. The van der Waals surface area contributed by atoms with E-state index >= 15 is 0 Å². The molecule has 178 valence electrons. The second-order valence-corrected chi connectivity index (χ2v) is 8.68. The molecule has 0 atom stereocenters. The number of primary amides is 1. The molecule has 0 saturated carbocycles. The van der Waals surface area contributed by atoms with E-state index < -0.39 is 21.8 Å². The monoisotopic (exact) mass is 485 g/mol. The Hall–Kier alpha value is -4.09. The predicted octanol–water partition coefficient (Wildman–Crippen LogP) is 2.53. The molecule has 0 bridgehead atoms. The van der Waals surface area contributed by atoms with Crippen molar-refractivity contribution in [3.05, 3.63) is 77.8 Å². The van der Waals surface area contributed by atoms with Crippen molar-refractivity contribution >= 4 is 33.6 Å². The minimum Gasteiger partial charge on any atom is -0.493 e. The third-order valence-corrected chi connectivity index (χ3v) is 6.10. The third-order valence-electron chi connectivity index (χ3n) is 4.68. The van der Waals surface area contributed by atoms with Gasteiger partial charge in [0.2, 0.25) is 15.9 Å².